The second-order valence-electron chi connectivity index (χ2n) is 7.56. The summed E-state index contributed by atoms with van der Waals surface area (Å²) in [6, 6.07) is 1.08. The van der Waals surface area contributed by atoms with Crippen LogP contribution in [-0.4, -0.2) is 44.8 Å². The van der Waals surface area contributed by atoms with E-state index in [2.05, 4.69) is 61.8 Å². The van der Waals surface area contributed by atoms with Crippen molar-refractivity contribution in [3.05, 3.63) is 12.2 Å². The molecule has 0 amide bonds. The molecule has 2 heterocycles. The highest BCUT2D eigenvalue weighted by Crippen LogP contribution is 2.26. The first kappa shape index (κ1) is 16.4. The first-order valence-electron chi connectivity index (χ1n) is 8.17. The summed E-state index contributed by atoms with van der Waals surface area (Å²) in [5.41, 5.74) is 0.276. The summed E-state index contributed by atoms with van der Waals surface area (Å²) in [4.78, 5) is 7.04. The molecule has 1 aliphatic heterocycles. The van der Waals surface area contributed by atoms with E-state index in [-0.39, 0.29) is 5.41 Å². The molecule has 2 unspecified atom stereocenters. The van der Waals surface area contributed by atoms with Crippen LogP contribution in [0.4, 0.5) is 0 Å². The Morgan fingerprint density at radius 2 is 2.10 bits per heavy atom. The van der Waals surface area contributed by atoms with Crippen LogP contribution >= 0.6 is 0 Å². The summed E-state index contributed by atoms with van der Waals surface area (Å²) >= 11 is 0. The molecule has 0 spiro atoms. The van der Waals surface area contributed by atoms with Crippen molar-refractivity contribution in [1.29, 1.82) is 0 Å². The zero-order chi connectivity index (χ0) is 15.6. The fourth-order valence-corrected chi connectivity index (χ4v) is 3.10. The average molecular weight is 293 g/mol. The van der Waals surface area contributed by atoms with Crippen molar-refractivity contribution in [1.82, 2.24) is 25.0 Å². The second kappa shape index (κ2) is 6.44. The lowest BCUT2D eigenvalue weighted by Crippen LogP contribution is -2.61. The van der Waals surface area contributed by atoms with E-state index >= 15 is 0 Å². The first-order chi connectivity index (χ1) is 9.82. The van der Waals surface area contributed by atoms with Gasteiger partial charge in [0.2, 0.25) is 0 Å². The molecule has 0 saturated carbocycles. The Labute approximate surface area is 129 Å². The summed E-state index contributed by atoms with van der Waals surface area (Å²) in [5, 5.41) is 8.05. The molecule has 5 heteroatoms. The number of rotatable bonds is 4. The molecule has 1 aromatic heterocycles. The van der Waals surface area contributed by atoms with Crippen molar-refractivity contribution in [2.24, 2.45) is 11.3 Å². The van der Waals surface area contributed by atoms with Gasteiger partial charge in [0.15, 0.2) is 0 Å². The first-order valence-corrected chi connectivity index (χ1v) is 8.17. The molecular weight excluding hydrogens is 262 g/mol. The molecule has 0 aliphatic carbocycles. The normalized spacial score (nSPS) is 24.7. The Kier molecular flexibility index (Phi) is 5.04. The van der Waals surface area contributed by atoms with Crippen LogP contribution in [0.2, 0.25) is 0 Å². The minimum Gasteiger partial charge on any atom is -0.311 e. The Balaban J connectivity index is 2.14. The Morgan fingerprint density at radius 3 is 2.67 bits per heavy atom. The van der Waals surface area contributed by atoms with E-state index in [4.69, 9.17) is 0 Å². The van der Waals surface area contributed by atoms with Crippen LogP contribution < -0.4 is 5.32 Å². The van der Waals surface area contributed by atoms with E-state index in [9.17, 15) is 0 Å². The van der Waals surface area contributed by atoms with E-state index in [1.54, 1.807) is 6.33 Å². The van der Waals surface area contributed by atoms with Gasteiger partial charge < -0.3 is 5.32 Å². The molecule has 1 aromatic rings. The maximum Gasteiger partial charge on any atom is 0.141 e. The molecule has 21 heavy (non-hydrogen) atoms. The molecule has 2 rings (SSSR count). The van der Waals surface area contributed by atoms with E-state index in [1.165, 1.54) is 0 Å². The molecule has 0 aromatic carbocycles. The van der Waals surface area contributed by atoms with Gasteiger partial charge in [-0.15, -0.1) is 0 Å². The van der Waals surface area contributed by atoms with Crippen LogP contribution in [0.3, 0.4) is 0 Å². The highest BCUT2D eigenvalue weighted by molar-refractivity contribution is 4.95. The predicted molar refractivity (Wildman–Crippen MR) is 86.0 cm³/mol. The lowest BCUT2D eigenvalue weighted by atomic mass is 9.83. The van der Waals surface area contributed by atoms with Gasteiger partial charge >= 0.3 is 0 Å². The summed E-state index contributed by atoms with van der Waals surface area (Å²) in [6.07, 6.45) is 1.67. The van der Waals surface area contributed by atoms with E-state index < -0.39 is 0 Å². The SMILES string of the molecule is CCn1ncnc1CN1CC(C(C)(C)C)NCC1C(C)C. The van der Waals surface area contributed by atoms with Crippen molar-refractivity contribution < 1.29 is 0 Å². The largest absolute Gasteiger partial charge is 0.311 e. The number of aromatic nitrogens is 3. The molecule has 1 aliphatic rings. The third kappa shape index (κ3) is 3.83. The lowest BCUT2D eigenvalue weighted by molar-refractivity contribution is 0.0542. The molecule has 120 valence electrons. The molecular formula is C16H31N5. The van der Waals surface area contributed by atoms with Crippen LogP contribution in [-0.2, 0) is 13.1 Å². The highest BCUT2D eigenvalue weighted by Gasteiger charge is 2.35. The summed E-state index contributed by atoms with van der Waals surface area (Å²) in [5.74, 6) is 1.72. The van der Waals surface area contributed by atoms with Crippen LogP contribution in [0.5, 0.6) is 0 Å². The molecule has 5 nitrogen and oxygen atoms in total. The van der Waals surface area contributed by atoms with Gasteiger partial charge in [-0.1, -0.05) is 34.6 Å². The maximum atomic E-state index is 4.45. The molecule has 1 fully saturated rings. The number of nitrogens with zero attached hydrogens (tertiary/aromatic N) is 4. The fraction of sp³-hybridized carbons (Fsp3) is 0.875. The molecule has 0 radical (unpaired) electrons. The van der Waals surface area contributed by atoms with Crippen LogP contribution in [0.1, 0.15) is 47.4 Å². The molecule has 1 saturated heterocycles. The Morgan fingerprint density at radius 1 is 1.38 bits per heavy atom. The van der Waals surface area contributed by atoms with Gasteiger partial charge in [0, 0.05) is 31.7 Å². The summed E-state index contributed by atoms with van der Waals surface area (Å²) in [7, 11) is 0. The fourth-order valence-electron chi connectivity index (χ4n) is 3.10. The minimum absolute atomic E-state index is 0.276. The van der Waals surface area contributed by atoms with Crippen LogP contribution in [0, 0.1) is 11.3 Å². The smallest absolute Gasteiger partial charge is 0.141 e. The number of hydrogen-bond acceptors (Lipinski definition) is 4. The summed E-state index contributed by atoms with van der Waals surface area (Å²) in [6.45, 7) is 17.6. The Hall–Kier alpha value is -0.940. The quantitative estimate of drug-likeness (QED) is 0.924. The highest BCUT2D eigenvalue weighted by atomic mass is 15.4. The third-order valence-electron chi connectivity index (χ3n) is 4.61. The van der Waals surface area contributed by atoms with E-state index in [1.807, 2.05) is 4.68 Å². The van der Waals surface area contributed by atoms with Crippen molar-refractivity contribution in [3.63, 3.8) is 0 Å². The third-order valence-corrected chi connectivity index (χ3v) is 4.61. The van der Waals surface area contributed by atoms with Gasteiger partial charge in [0.1, 0.15) is 12.2 Å². The molecule has 0 bridgehead atoms. The van der Waals surface area contributed by atoms with Gasteiger partial charge in [-0.05, 0) is 18.3 Å². The number of piperazine rings is 1. The van der Waals surface area contributed by atoms with E-state index in [0.29, 0.717) is 18.0 Å². The topological polar surface area (TPSA) is 46.0 Å². The van der Waals surface area contributed by atoms with Gasteiger partial charge in [-0.25, -0.2) is 9.67 Å². The average Bonchev–Trinajstić information content (AvgIpc) is 2.84. The van der Waals surface area contributed by atoms with Crippen LogP contribution in [0.15, 0.2) is 6.33 Å². The second-order valence-corrected chi connectivity index (χ2v) is 7.56. The predicted octanol–water partition coefficient (Wildman–Crippen LogP) is 2.14. The van der Waals surface area contributed by atoms with Gasteiger partial charge in [-0.2, -0.15) is 5.10 Å². The zero-order valence-electron chi connectivity index (χ0n) is 14.4. The van der Waals surface area contributed by atoms with E-state index in [0.717, 1.165) is 32.0 Å². The molecule has 1 N–H and O–H groups in total. The van der Waals surface area contributed by atoms with Crippen molar-refractivity contribution in [2.45, 2.75) is 66.7 Å². The number of hydrogen-bond donors (Lipinski definition) is 1. The maximum absolute atomic E-state index is 4.45. The van der Waals surface area contributed by atoms with Crippen molar-refractivity contribution >= 4 is 0 Å². The zero-order valence-corrected chi connectivity index (χ0v) is 14.4. The van der Waals surface area contributed by atoms with Gasteiger partial charge in [0.05, 0.1) is 6.54 Å². The monoisotopic (exact) mass is 293 g/mol. The van der Waals surface area contributed by atoms with Crippen molar-refractivity contribution in [3.8, 4) is 0 Å². The number of nitrogens with one attached hydrogen (secondary N) is 1. The van der Waals surface area contributed by atoms with Crippen LogP contribution in [0.25, 0.3) is 0 Å². The minimum atomic E-state index is 0.276. The Bertz CT molecular complexity index is 446. The van der Waals surface area contributed by atoms with Crippen molar-refractivity contribution in [2.75, 3.05) is 13.1 Å². The summed E-state index contributed by atoms with van der Waals surface area (Å²) < 4.78 is 2.01. The number of aryl methyl sites for hydroxylation is 1. The molecule has 2 atom stereocenters. The van der Waals surface area contributed by atoms with Gasteiger partial charge in [0.25, 0.3) is 0 Å². The standard InChI is InChI=1S/C16H31N5/c1-7-21-15(18-11-19-21)10-20-9-14(16(4,5)6)17-8-13(20)12(2)3/h11-14,17H,7-10H2,1-6H3. The van der Waals surface area contributed by atoms with Gasteiger partial charge in [-0.3, -0.25) is 4.90 Å². The lowest BCUT2D eigenvalue weighted by Gasteiger charge is -2.46.